The van der Waals surface area contributed by atoms with Crippen LogP contribution >= 0.6 is 11.6 Å². The topological polar surface area (TPSA) is 76.1 Å². The minimum atomic E-state index is -0.272. The Kier molecular flexibility index (Phi) is 4.72. The van der Waals surface area contributed by atoms with Crippen LogP contribution in [0, 0.1) is 0 Å². The molecule has 0 radical (unpaired) electrons. The van der Waals surface area contributed by atoms with Gasteiger partial charge in [-0.05, 0) is 20.8 Å². The van der Waals surface area contributed by atoms with Crippen molar-refractivity contribution in [3.8, 4) is 5.75 Å². The van der Waals surface area contributed by atoms with Crippen molar-refractivity contribution in [2.24, 2.45) is 0 Å². The summed E-state index contributed by atoms with van der Waals surface area (Å²) in [7, 11) is 1.46. The van der Waals surface area contributed by atoms with E-state index in [9.17, 15) is 4.79 Å². The highest BCUT2D eigenvalue weighted by Gasteiger charge is 2.15. The number of carbonyl (C=O) groups is 1. The fourth-order valence-electron chi connectivity index (χ4n) is 1.29. The maximum atomic E-state index is 11.6. The van der Waals surface area contributed by atoms with Gasteiger partial charge < -0.3 is 15.4 Å². The van der Waals surface area contributed by atoms with Gasteiger partial charge in [-0.2, -0.15) is 0 Å². The fourth-order valence-corrected chi connectivity index (χ4v) is 1.50. The molecule has 1 aromatic rings. The molecule has 0 saturated heterocycles. The average Bonchev–Trinajstić information content (AvgIpc) is 2.24. The molecule has 0 aliphatic carbocycles. The Morgan fingerprint density at radius 1 is 1.44 bits per heavy atom. The van der Waals surface area contributed by atoms with Gasteiger partial charge in [-0.3, -0.25) is 4.79 Å². The van der Waals surface area contributed by atoms with Crippen LogP contribution in [0.5, 0.6) is 5.75 Å². The highest BCUT2D eigenvalue weighted by molar-refractivity contribution is 6.31. The molecule has 0 spiro atoms. The number of rotatable bonds is 4. The zero-order valence-corrected chi connectivity index (χ0v) is 11.6. The van der Waals surface area contributed by atoms with Gasteiger partial charge in [0.2, 0.25) is 5.91 Å². The molecule has 6 nitrogen and oxygen atoms in total. The molecule has 0 aliphatic rings. The summed E-state index contributed by atoms with van der Waals surface area (Å²) in [6, 6.07) is 0. The van der Waals surface area contributed by atoms with Crippen molar-refractivity contribution in [1.82, 2.24) is 15.3 Å². The van der Waals surface area contributed by atoms with Crippen LogP contribution in [-0.2, 0) is 4.79 Å². The highest BCUT2D eigenvalue weighted by Crippen LogP contribution is 2.27. The Hall–Kier alpha value is -1.56. The predicted molar refractivity (Wildman–Crippen MR) is 70.0 cm³/mol. The first-order valence-electron chi connectivity index (χ1n) is 5.43. The largest absolute Gasteiger partial charge is 0.490 e. The molecular formula is C11H17ClN4O2. The molecule has 7 heteroatoms. The standard InChI is InChI=1S/C11H17ClN4O2/c1-11(2,3)16-7(17)5-13-10-8(18-4)9(12)14-6-15-10/h6H,5H2,1-4H3,(H,16,17)(H,13,14,15). The van der Waals surface area contributed by atoms with E-state index in [-0.39, 0.29) is 23.1 Å². The number of carbonyl (C=O) groups excluding carboxylic acids is 1. The van der Waals surface area contributed by atoms with Gasteiger partial charge >= 0.3 is 0 Å². The van der Waals surface area contributed by atoms with Crippen molar-refractivity contribution in [3.63, 3.8) is 0 Å². The number of anilines is 1. The van der Waals surface area contributed by atoms with Crippen LogP contribution in [-0.4, -0.2) is 35.1 Å². The van der Waals surface area contributed by atoms with E-state index in [0.29, 0.717) is 11.6 Å². The number of methoxy groups -OCH3 is 1. The lowest BCUT2D eigenvalue weighted by Gasteiger charge is -2.20. The van der Waals surface area contributed by atoms with Crippen molar-refractivity contribution >= 4 is 23.3 Å². The van der Waals surface area contributed by atoms with Gasteiger partial charge in [-0.25, -0.2) is 9.97 Å². The van der Waals surface area contributed by atoms with E-state index in [2.05, 4.69) is 20.6 Å². The van der Waals surface area contributed by atoms with Crippen LogP contribution in [0.2, 0.25) is 5.15 Å². The first kappa shape index (κ1) is 14.5. The summed E-state index contributed by atoms with van der Waals surface area (Å²) in [5.74, 6) is 0.573. The van der Waals surface area contributed by atoms with Crippen molar-refractivity contribution < 1.29 is 9.53 Å². The van der Waals surface area contributed by atoms with E-state index in [1.165, 1.54) is 13.4 Å². The second-order valence-electron chi connectivity index (χ2n) is 4.70. The lowest BCUT2D eigenvalue weighted by Crippen LogP contribution is -2.43. The maximum Gasteiger partial charge on any atom is 0.239 e. The molecule has 0 saturated carbocycles. The molecule has 0 bridgehead atoms. The summed E-state index contributed by atoms with van der Waals surface area (Å²) in [6.07, 6.45) is 1.30. The van der Waals surface area contributed by atoms with Crippen LogP contribution < -0.4 is 15.4 Å². The Labute approximate surface area is 111 Å². The van der Waals surface area contributed by atoms with Gasteiger partial charge in [-0.15, -0.1) is 0 Å². The number of nitrogens with zero attached hydrogens (tertiary/aromatic N) is 2. The quantitative estimate of drug-likeness (QED) is 0.812. The summed E-state index contributed by atoms with van der Waals surface area (Å²) >= 11 is 5.83. The molecule has 0 atom stereocenters. The molecule has 1 heterocycles. The number of hydrogen-bond donors (Lipinski definition) is 2. The SMILES string of the molecule is COc1c(Cl)ncnc1NCC(=O)NC(C)(C)C. The third-order valence-electron chi connectivity index (χ3n) is 1.90. The molecule has 100 valence electrons. The van der Waals surface area contributed by atoms with Gasteiger partial charge in [0, 0.05) is 5.54 Å². The molecule has 1 rings (SSSR count). The van der Waals surface area contributed by atoms with Crippen LogP contribution in [0.1, 0.15) is 20.8 Å². The minimum absolute atomic E-state index is 0.0843. The lowest BCUT2D eigenvalue weighted by atomic mass is 10.1. The van der Waals surface area contributed by atoms with Crippen LogP contribution in [0.25, 0.3) is 0 Å². The number of amides is 1. The van der Waals surface area contributed by atoms with Crippen molar-refractivity contribution in [2.75, 3.05) is 19.0 Å². The van der Waals surface area contributed by atoms with Crippen LogP contribution in [0.15, 0.2) is 6.33 Å². The zero-order valence-electron chi connectivity index (χ0n) is 10.9. The summed E-state index contributed by atoms with van der Waals surface area (Å²) in [4.78, 5) is 19.4. The van der Waals surface area contributed by atoms with Crippen molar-refractivity contribution in [1.29, 1.82) is 0 Å². The molecule has 18 heavy (non-hydrogen) atoms. The molecule has 1 amide bonds. The monoisotopic (exact) mass is 272 g/mol. The Morgan fingerprint density at radius 3 is 2.67 bits per heavy atom. The van der Waals surface area contributed by atoms with E-state index in [1.807, 2.05) is 20.8 Å². The van der Waals surface area contributed by atoms with E-state index < -0.39 is 0 Å². The number of aromatic nitrogens is 2. The lowest BCUT2D eigenvalue weighted by molar-refractivity contribution is -0.120. The third-order valence-corrected chi connectivity index (χ3v) is 2.16. The van der Waals surface area contributed by atoms with Gasteiger partial charge in [0.1, 0.15) is 6.33 Å². The smallest absolute Gasteiger partial charge is 0.239 e. The fraction of sp³-hybridized carbons (Fsp3) is 0.545. The maximum absolute atomic E-state index is 11.6. The molecule has 0 aromatic carbocycles. The summed E-state index contributed by atoms with van der Waals surface area (Å²) in [6.45, 7) is 5.81. The predicted octanol–water partition coefficient (Wildman–Crippen LogP) is 1.47. The van der Waals surface area contributed by atoms with Crippen molar-refractivity contribution in [2.45, 2.75) is 26.3 Å². The van der Waals surface area contributed by atoms with Gasteiger partial charge in [0.25, 0.3) is 0 Å². The minimum Gasteiger partial charge on any atom is -0.490 e. The van der Waals surface area contributed by atoms with Gasteiger partial charge in [-0.1, -0.05) is 11.6 Å². The number of hydrogen-bond acceptors (Lipinski definition) is 5. The summed E-state index contributed by atoms with van der Waals surface area (Å²) in [5, 5.41) is 5.88. The Morgan fingerprint density at radius 2 is 2.11 bits per heavy atom. The third kappa shape index (κ3) is 4.37. The molecule has 0 aliphatic heterocycles. The number of nitrogens with one attached hydrogen (secondary N) is 2. The molecular weight excluding hydrogens is 256 g/mol. The van der Waals surface area contributed by atoms with Crippen molar-refractivity contribution in [3.05, 3.63) is 11.5 Å². The number of ether oxygens (including phenoxy) is 1. The van der Waals surface area contributed by atoms with E-state index >= 15 is 0 Å². The van der Waals surface area contributed by atoms with Gasteiger partial charge in [0.05, 0.1) is 13.7 Å². The average molecular weight is 273 g/mol. The van der Waals surface area contributed by atoms with E-state index in [1.54, 1.807) is 0 Å². The molecule has 1 aromatic heterocycles. The van der Waals surface area contributed by atoms with Crippen LogP contribution in [0.4, 0.5) is 5.82 Å². The molecule has 0 fully saturated rings. The molecule has 2 N–H and O–H groups in total. The Balaban J connectivity index is 2.64. The first-order chi connectivity index (χ1) is 8.33. The zero-order chi connectivity index (χ0) is 13.8. The van der Waals surface area contributed by atoms with Gasteiger partial charge in [0.15, 0.2) is 16.7 Å². The molecule has 0 unspecified atom stereocenters. The van der Waals surface area contributed by atoms with E-state index in [4.69, 9.17) is 16.3 Å². The number of halogens is 1. The first-order valence-corrected chi connectivity index (χ1v) is 5.80. The second kappa shape index (κ2) is 5.86. The summed E-state index contributed by atoms with van der Waals surface area (Å²) in [5.41, 5.74) is -0.272. The highest BCUT2D eigenvalue weighted by atomic mass is 35.5. The normalized spacial score (nSPS) is 10.9. The van der Waals surface area contributed by atoms with E-state index in [0.717, 1.165) is 0 Å². The van der Waals surface area contributed by atoms with Crippen LogP contribution in [0.3, 0.4) is 0 Å². The Bertz CT molecular complexity index is 432. The summed E-state index contributed by atoms with van der Waals surface area (Å²) < 4.78 is 5.06. The second-order valence-corrected chi connectivity index (χ2v) is 5.06.